The van der Waals surface area contributed by atoms with Crippen molar-refractivity contribution in [2.45, 2.75) is 12.8 Å². The van der Waals surface area contributed by atoms with Crippen LogP contribution < -0.4 is 0 Å². The van der Waals surface area contributed by atoms with Crippen LogP contribution in [-0.2, 0) is 12.8 Å². The van der Waals surface area contributed by atoms with Crippen LogP contribution in [0.3, 0.4) is 0 Å². The van der Waals surface area contributed by atoms with E-state index in [0.29, 0.717) is 0 Å². The lowest BCUT2D eigenvalue weighted by molar-refractivity contribution is 1.15. The highest BCUT2D eigenvalue weighted by atomic mass is 14.1. The van der Waals surface area contributed by atoms with Crippen molar-refractivity contribution in [3.05, 3.63) is 145 Å². The minimum Gasteiger partial charge on any atom is -0.0985 e. The predicted molar refractivity (Wildman–Crippen MR) is 123 cm³/mol. The lowest BCUT2D eigenvalue weighted by atomic mass is 9.97. The molecule has 0 radical (unpaired) electrons. The standard InChI is InChI=1S/C28H26/c1-3-23(25-13-7-5-8-14-25)19-21-27-17-11-12-18-28(27)22-20-24(4-2)26-15-9-6-10-16-26/h3-20H,1-2,21-22H2. The van der Waals surface area contributed by atoms with Gasteiger partial charge >= 0.3 is 0 Å². The van der Waals surface area contributed by atoms with Crippen LogP contribution in [0.5, 0.6) is 0 Å². The first-order valence-electron chi connectivity index (χ1n) is 9.64. The van der Waals surface area contributed by atoms with E-state index < -0.39 is 0 Å². The lowest BCUT2D eigenvalue weighted by Crippen LogP contribution is -1.93. The van der Waals surface area contributed by atoms with Gasteiger partial charge in [-0.1, -0.05) is 122 Å². The molecule has 0 atom stereocenters. The van der Waals surface area contributed by atoms with Crippen molar-refractivity contribution in [2.75, 3.05) is 0 Å². The van der Waals surface area contributed by atoms with Crippen LogP contribution in [0.25, 0.3) is 11.1 Å². The van der Waals surface area contributed by atoms with Gasteiger partial charge in [-0.2, -0.15) is 0 Å². The number of hydrogen-bond acceptors (Lipinski definition) is 0. The third-order valence-corrected chi connectivity index (χ3v) is 4.86. The molecule has 0 aliphatic heterocycles. The highest BCUT2D eigenvalue weighted by Crippen LogP contribution is 2.20. The minimum atomic E-state index is 0.884. The Kier molecular flexibility index (Phi) is 6.98. The van der Waals surface area contributed by atoms with Crippen LogP contribution >= 0.6 is 0 Å². The van der Waals surface area contributed by atoms with E-state index in [2.05, 4.69) is 98.1 Å². The van der Waals surface area contributed by atoms with Gasteiger partial charge in [0.05, 0.1) is 0 Å². The van der Waals surface area contributed by atoms with E-state index in [-0.39, 0.29) is 0 Å². The molecule has 0 heterocycles. The van der Waals surface area contributed by atoms with E-state index in [1.165, 1.54) is 33.4 Å². The zero-order valence-corrected chi connectivity index (χ0v) is 16.2. The SMILES string of the molecule is C=CC(=CCc1ccccc1CC=C(C=C)c1ccccc1)c1ccccc1. The molecule has 0 saturated heterocycles. The zero-order chi connectivity index (χ0) is 19.6. The first-order valence-corrected chi connectivity index (χ1v) is 9.64. The van der Waals surface area contributed by atoms with Crippen molar-refractivity contribution in [2.24, 2.45) is 0 Å². The molecule has 28 heavy (non-hydrogen) atoms. The molecular formula is C28H26. The highest BCUT2D eigenvalue weighted by Gasteiger charge is 2.03. The monoisotopic (exact) mass is 362 g/mol. The Morgan fingerprint density at radius 1 is 0.536 bits per heavy atom. The summed E-state index contributed by atoms with van der Waals surface area (Å²) < 4.78 is 0. The molecule has 0 bridgehead atoms. The van der Waals surface area contributed by atoms with Crippen molar-refractivity contribution in [1.29, 1.82) is 0 Å². The quantitative estimate of drug-likeness (QED) is 0.368. The summed E-state index contributed by atoms with van der Waals surface area (Å²) >= 11 is 0. The summed E-state index contributed by atoms with van der Waals surface area (Å²) in [6.45, 7) is 7.97. The number of hydrogen-bond donors (Lipinski definition) is 0. The molecule has 0 aromatic heterocycles. The van der Waals surface area contributed by atoms with Gasteiger partial charge < -0.3 is 0 Å². The molecule has 0 aliphatic rings. The Labute approximate surface area is 168 Å². The summed E-state index contributed by atoms with van der Waals surface area (Å²) in [5.74, 6) is 0. The first-order chi connectivity index (χ1) is 13.8. The minimum absolute atomic E-state index is 0.884. The third kappa shape index (κ3) is 5.08. The number of allylic oxidation sites excluding steroid dienone is 6. The Hall–Kier alpha value is -3.38. The van der Waals surface area contributed by atoms with Gasteiger partial charge in [0.1, 0.15) is 0 Å². The first kappa shape index (κ1) is 19.4. The highest BCUT2D eigenvalue weighted by molar-refractivity contribution is 5.74. The van der Waals surface area contributed by atoms with Crippen molar-refractivity contribution in [1.82, 2.24) is 0 Å². The molecule has 0 nitrogen and oxygen atoms in total. The smallest absolute Gasteiger partial charge is 0.00854 e. The predicted octanol–water partition coefficient (Wildman–Crippen LogP) is 7.31. The molecule has 0 heteroatoms. The fraction of sp³-hybridized carbons (Fsp3) is 0.0714. The average Bonchev–Trinajstić information content (AvgIpc) is 2.77. The Morgan fingerprint density at radius 3 is 1.25 bits per heavy atom. The zero-order valence-electron chi connectivity index (χ0n) is 16.2. The Morgan fingerprint density at radius 2 is 0.893 bits per heavy atom. The Balaban J connectivity index is 1.81. The molecule has 138 valence electrons. The summed E-state index contributed by atoms with van der Waals surface area (Å²) in [6, 6.07) is 29.5. The van der Waals surface area contributed by atoms with Gasteiger partial charge in [0, 0.05) is 0 Å². The van der Waals surface area contributed by atoms with Gasteiger partial charge in [-0.05, 0) is 46.2 Å². The molecule has 0 unspecified atom stereocenters. The maximum atomic E-state index is 3.99. The second kappa shape index (κ2) is 10.1. The topological polar surface area (TPSA) is 0 Å². The molecule has 3 aromatic rings. The van der Waals surface area contributed by atoms with Gasteiger partial charge in [0.2, 0.25) is 0 Å². The molecule has 0 amide bonds. The van der Waals surface area contributed by atoms with Crippen molar-refractivity contribution < 1.29 is 0 Å². The van der Waals surface area contributed by atoms with Crippen LogP contribution in [0.15, 0.2) is 122 Å². The lowest BCUT2D eigenvalue weighted by Gasteiger charge is -2.08. The molecule has 0 fully saturated rings. The van der Waals surface area contributed by atoms with E-state index in [1.807, 2.05) is 24.3 Å². The molecule has 0 saturated carbocycles. The molecular weight excluding hydrogens is 336 g/mol. The summed E-state index contributed by atoms with van der Waals surface area (Å²) in [7, 11) is 0. The van der Waals surface area contributed by atoms with Crippen molar-refractivity contribution in [3.8, 4) is 0 Å². The second-order valence-electron chi connectivity index (χ2n) is 6.64. The van der Waals surface area contributed by atoms with Gasteiger partial charge in [-0.25, -0.2) is 0 Å². The molecule has 0 aliphatic carbocycles. The summed E-state index contributed by atoms with van der Waals surface area (Å²) in [4.78, 5) is 0. The van der Waals surface area contributed by atoms with E-state index >= 15 is 0 Å². The van der Waals surface area contributed by atoms with Gasteiger partial charge in [0.25, 0.3) is 0 Å². The van der Waals surface area contributed by atoms with E-state index in [1.54, 1.807) is 0 Å². The van der Waals surface area contributed by atoms with Gasteiger partial charge in [0.15, 0.2) is 0 Å². The van der Waals surface area contributed by atoms with Gasteiger partial charge in [-0.15, -0.1) is 0 Å². The van der Waals surface area contributed by atoms with Crippen LogP contribution in [0.4, 0.5) is 0 Å². The molecule has 3 aromatic carbocycles. The van der Waals surface area contributed by atoms with Crippen molar-refractivity contribution >= 4 is 11.1 Å². The third-order valence-electron chi connectivity index (χ3n) is 4.86. The summed E-state index contributed by atoms with van der Waals surface area (Å²) in [5.41, 5.74) is 7.42. The van der Waals surface area contributed by atoms with E-state index in [0.717, 1.165) is 12.8 Å². The Bertz CT molecular complexity index is 890. The van der Waals surface area contributed by atoms with Crippen LogP contribution in [0.2, 0.25) is 0 Å². The fourth-order valence-corrected chi connectivity index (χ4v) is 3.29. The average molecular weight is 363 g/mol. The molecule has 0 spiro atoms. The number of benzene rings is 3. The van der Waals surface area contributed by atoms with E-state index in [4.69, 9.17) is 0 Å². The summed E-state index contributed by atoms with van der Waals surface area (Å²) in [6.07, 6.45) is 10.2. The molecule has 3 rings (SSSR count). The number of rotatable bonds is 8. The van der Waals surface area contributed by atoms with Crippen LogP contribution in [0.1, 0.15) is 22.3 Å². The normalized spacial score (nSPS) is 11.9. The van der Waals surface area contributed by atoms with Gasteiger partial charge in [-0.3, -0.25) is 0 Å². The maximum Gasteiger partial charge on any atom is -0.00854 e. The largest absolute Gasteiger partial charge is 0.0985 e. The van der Waals surface area contributed by atoms with Crippen molar-refractivity contribution in [3.63, 3.8) is 0 Å². The second-order valence-corrected chi connectivity index (χ2v) is 6.64. The fourth-order valence-electron chi connectivity index (χ4n) is 3.29. The van der Waals surface area contributed by atoms with E-state index in [9.17, 15) is 0 Å². The maximum absolute atomic E-state index is 3.99. The van der Waals surface area contributed by atoms with Crippen LogP contribution in [0, 0.1) is 0 Å². The van der Waals surface area contributed by atoms with Crippen LogP contribution in [-0.4, -0.2) is 0 Å². The summed E-state index contributed by atoms with van der Waals surface area (Å²) in [5, 5.41) is 0. The molecule has 0 N–H and O–H groups in total.